The van der Waals surface area contributed by atoms with Crippen molar-refractivity contribution in [1.29, 1.82) is 0 Å². The van der Waals surface area contributed by atoms with Gasteiger partial charge >= 0.3 is 6.03 Å². The van der Waals surface area contributed by atoms with Crippen LogP contribution in [0, 0.1) is 31.4 Å². The summed E-state index contributed by atoms with van der Waals surface area (Å²) >= 11 is 0. The fourth-order valence-corrected chi connectivity index (χ4v) is 8.43. The van der Waals surface area contributed by atoms with Gasteiger partial charge in [-0.2, -0.15) is 0 Å². The first-order valence-electron chi connectivity index (χ1n) is 19.9. The van der Waals surface area contributed by atoms with Crippen molar-refractivity contribution in [2.75, 3.05) is 38.2 Å². The summed E-state index contributed by atoms with van der Waals surface area (Å²) < 4.78 is 34.7. The first-order valence-corrected chi connectivity index (χ1v) is 19.9. The summed E-state index contributed by atoms with van der Waals surface area (Å²) in [6.07, 6.45) is 2.93. The summed E-state index contributed by atoms with van der Waals surface area (Å²) in [6, 6.07) is 1.61. The molecule has 4 N–H and O–H groups in total. The first kappa shape index (κ1) is 41.5. The number of halogens is 2. The van der Waals surface area contributed by atoms with E-state index in [2.05, 4.69) is 21.3 Å². The number of nitrogens with one attached hydrogen (secondary N) is 4. The van der Waals surface area contributed by atoms with E-state index in [1.165, 1.54) is 9.80 Å². The predicted molar refractivity (Wildman–Crippen MR) is 206 cm³/mol. The second-order valence-electron chi connectivity index (χ2n) is 16.0. The summed E-state index contributed by atoms with van der Waals surface area (Å²) in [4.78, 5) is 88.3. The van der Waals surface area contributed by atoms with Crippen LogP contribution in [-0.2, 0) is 35.1 Å². The monoisotopic (exact) mass is 793 g/mol. The number of carbonyl (C=O) groups is 6. The Balaban J connectivity index is 1.29. The molecule has 6 rings (SSSR count). The van der Waals surface area contributed by atoms with Gasteiger partial charge in [-0.15, -0.1) is 0 Å². The van der Waals surface area contributed by atoms with E-state index in [1.54, 1.807) is 24.0 Å². The van der Waals surface area contributed by atoms with Crippen LogP contribution >= 0.6 is 0 Å². The molecule has 0 radical (unpaired) electrons. The van der Waals surface area contributed by atoms with Crippen LogP contribution in [0.1, 0.15) is 69.1 Å². The van der Waals surface area contributed by atoms with Gasteiger partial charge in [0.1, 0.15) is 41.8 Å². The Morgan fingerprint density at radius 2 is 1.54 bits per heavy atom. The van der Waals surface area contributed by atoms with Crippen molar-refractivity contribution >= 4 is 41.3 Å². The lowest BCUT2D eigenvalue weighted by molar-refractivity contribution is -0.152. The Hall–Kier alpha value is -5.12. The van der Waals surface area contributed by atoms with Crippen molar-refractivity contribution in [2.24, 2.45) is 5.92 Å². The Bertz CT molecular complexity index is 1860. The Kier molecular flexibility index (Phi) is 13.1. The van der Waals surface area contributed by atoms with Gasteiger partial charge < -0.3 is 40.7 Å². The van der Waals surface area contributed by atoms with E-state index in [4.69, 9.17) is 4.74 Å². The van der Waals surface area contributed by atoms with Crippen LogP contribution in [0.3, 0.4) is 0 Å². The SMILES string of the molecule is Cc1ccc(NC(=O)N[C@@H](Cc2cc(F)cc(F)c2)C(=O)N[C@H]2COCC3C[C@H](C)CN3C(=O)[C@H](C)NC(=O)C3CCCCN3C(=O)C3CCCN3C2=O)cc1C. The fraction of sp³-hybridized carbons (Fsp3) is 0.561. The molecule has 2 aromatic rings. The Morgan fingerprint density at radius 1 is 0.842 bits per heavy atom. The predicted octanol–water partition coefficient (Wildman–Crippen LogP) is 2.94. The number of rotatable bonds is 6. The van der Waals surface area contributed by atoms with Gasteiger partial charge in [0.2, 0.25) is 29.5 Å². The second kappa shape index (κ2) is 18.0. The lowest BCUT2D eigenvalue weighted by atomic mass is 9.99. The maximum Gasteiger partial charge on any atom is 0.319 e. The molecule has 4 saturated heterocycles. The zero-order valence-electron chi connectivity index (χ0n) is 32.9. The molecule has 308 valence electrons. The van der Waals surface area contributed by atoms with E-state index < -0.39 is 65.6 Å². The number of urea groups is 1. The normalized spacial score (nSPS) is 26.6. The highest BCUT2D eigenvalue weighted by atomic mass is 19.1. The highest BCUT2D eigenvalue weighted by molar-refractivity contribution is 5.98. The molecular formula is C41H53F2N7O7. The van der Waals surface area contributed by atoms with Gasteiger partial charge in [0.05, 0.1) is 19.3 Å². The van der Waals surface area contributed by atoms with Gasteiger partial charge in [-0.1, -0.05) is 13.0 Å². The summed E-state index contributed by atoms with van der Waals surface area (Å²) in [5.41, 5.74) is 2.46. The van der Waals surface area contributed by atoms with Gasteiger partial charge in [-0.05, 0) is 106 Å². The van der Waals surface area contributed by atoms with Gasteiger partial charge in [0, 0.05) is 37.8 Å². The molecule has 4 fully saturated rings. The highest BCUT2D eigenvalue weighted by Gasteiger charge is 2.44. The van der Waals surface area contributed by atoms with E-state index in [0.29, 0.717) is 56.9 Å². The number of aryl methyl sites for hydroxylation is 2. The number of piperidine rings is 1. The molecule has 3 unspecified atom stereocenters. The van der Waals surface area contributed by atoms with Crippen molar-refractivity contribution in [3.05, 3.63) is 64.7 Å². The molecule has 0 saturated carbocycles. The molecule has 57 heavy (non-hydrogen) atoms. The van der Waals surface area contributed by atoms with Crippen LogP contribution in [-0.4, -0.2) is 119 Å². The fourth-order valence-electron chi connectivity index (χ4n) is 8.43. The van der Waals surface area contributed by atoms with Crippen LogP contribution in [0.5, 0.6) is 0 Å². The third kappa shape index (κ3) is 9.89. The number of carbonyl (C=O) groups excluding carboxylic acids is 6. The third-order valence-electron chi connectivity index (χ3n) is 11.5. The van der Waals surface area contributed by atoms with Crippen LogP contribution < -0.4 is 21.3 Å². The summed E-state index contributed by atoms with van der Waals surface area (Å²) in [6.45, 7) is 8.10. The number of hydrogen-bond donors (Lipinski definition) is 4. The molecule has 0 aromatic heterocycles. The number of nitrogens with zero attached hydrogens (tertiary/aromatic N) is 3. The summed E-state index contributed by atoms with van der Waals surface area (Å²) in [5, 5.41) is 10.9. The summed E-state index contributed by atoms with van der Waals surface area (Å²) in [7, 11) is 0. The van der Waals surface area contributed by atoms with Crippen LogP contribution in [0.15, 0.2) is 36.4 Å². The quantitative estimate of drug-likeness (QED) is 0.349. The molecule has 4 aliphatic heterocycles. The lowest BCUT2D eigenvalue weighted by Gasteiger charge is -2.39. The molecule has 4 heterocycles. The van der Waals surface area contributed by atoms with Crippen molar-refractivity contribution in [3.8, 4) is 0 Å². The van der Waals surface area contributed by atoms with Crippen molar-refractivity contribution in [1.82, 2.24) is 30.7 Å². The van der Waals surface area contributed by atoms with Crippen LogP contribution in [0.2, 0.25) is 0 Å². The molecule has 14 nitrogen and oxygen atoms in total. The molecule has 2 aromatic carbocycles. The lowest BCUT2D eigenvalue weighted by Crippen LogP contribution is -2.61. The van der Waals surface area contributed by atoms with Crippen molar-refractivity contribution < 1.29 is 42.3 Å². The molecule has 0 spiro atoms. The molecule has 4 aliphatic rings. The van der Waals surface area contributed by atoms with Crippen molar-refractivity contribution in [2.45, 2.75) is 109 Å². The molecular weight excluding hydrogens is 740 g/mol. The third-order valence-corrected chi connectivity index (χ3v) is 11.5. The van der Waals surface area contributed by atoms with E-state index in [1.807, 2.05) is 26.8 Å². The number of ether oxygens (including phenoxy) is 1. The molecule has 7 atom stereocenters. The number of anilines is 1. The average Bonchev–Trinajstić information content (AvgIpc) is 3.80. The van der Waals surface area contributed by atoms with E-state index in [-0.39, 0.29) is 55.5 Å². The molecule has 16 heteroatoms. The van der Waals surface area contributed by atoms with Crippen LogP contribution in [0.25, 0.3) is 0 Å². The van der Waals surface area contributed by atoms with Gasteiger partial charge in [-0.3, -0.25) is 24.0 Å². The summed E-state index contributed by atoms with van der Waals surface area (Å²) in [5.74, 6) is -4.13. The van der Waals surface area contributed by atoms with E-state index in [9.17, 15) is 37.5 Å². The minimum atomic E-state index is -1.42. The zero-order valence-corrected chi connectivity index (χ0v) is 32.9. The van der Waals surface area contributed by atoms with Gasteiger partial charge in [-0.25, -0.2) is 13.6 Å². The average molecular weight is 794 g/mol. The van der Waals surface area contributed by atoms with E-state index in [0.717, 1.165) is 29.7 Å². The highest BCUT2D eigenvalue weighted by Crippen LogP contribution is 2.28. The first-order chi connectivity index (χ1) is 27.2. The number of fused-ring (bicyclic) bond motifs is 3. The van der Waals surface area contributed by atoms with Gasteiger partial charge in [0.15, 0.2) is 0 Å². The maximum absolute atomic E-state index is 14.5. The Morgan fingerprint density at radius 3 is 2.28 bits per heavy atom. The number of benzene rings is 2. The molecule has 0 aliphatic carbocycles. The van der Waals surface area contributed by atoms with Crippen molar-refractivity contribution in [3.63, 3.8) is 0 Å². The topological polar surface area (TPSA) is 169 Å². The Labute approximate surface area is 331 Å². The van der Waals surface area contributed by atoms with E-state index >= 15 is 0 Å². The minimum Gasteiger partial charge on any atom is -0.377 e. The maximum atomic E-state index is 14.5. The number of hydrogen-bond acceptors (Lipinski definition) is 7. The number of amides is 7. The smallest absolute Gasteiger partial charge is 0.319 e. The minimum absolute atomic E-state index is 0.0256. The van der Waals surface area contributed by atoms with Crippen LogP contribution in [0.4, 0.5) is 19.3 Å². The standard InChI is InChI=1S/C41H53F2N7O7/c1-23-14-31-21-57-22-33(46-36(51)32(18-27-16-28(42)19-29(43)17-27)47-41(56)45-30-11-10-24(2)25(3)15-30)39(54)49-13-7-9-35(49)40(55)48-12-6-5-8-34(48)37(52)44-26(4)38(53)50(31)20-23/h10-11,15-17,19,23,26,31-35H,5-9,12-14,18,20-22H2,1-4H3,(H,44,52)(H,46,51)(H2,45,47,56)/t23-,26-,31?,32-,33-,34?,35?/m0/s1. The van der Waals surface area contributed by atoms with Gasteiger partial charge in [0.25, 0.3) is 0 Å². The molecule has 0 bridgehead atoms. The second-order valence-corrected chi connectivity index (χ2v) is 16.0. The zero-order chi connectivity index (χ0) is 41.0. The molecule has 7 amide bonds. The largest absolute Gasteiger partial charge is 0.377 e.